The first kappa shape index (κ1) is 62.5. The highest BCUT2D eigenvalue weighted by atomic mass is 16.8. The second-order valence-corrected chi connectivity index (χ2v) is 24.1. The Morgan fingerprint density at radius 3 is 1.89 bits per heavy atom. The molecule has 4 aliphatic carbocycles. The van der Waals surface area contributed by atoms with Gasteiger partial charge < -0.3 is 92.2 Å². The van der Waals surface area contributed by atoms with Crippen LogP contribution < -0.4 is 0 Å². The van der Waals surface area contributed by atoms with Crippen LogP contribution in [0.2, 0.25) is 0 Å². The van der Waals surface area contributed by atoms with E-state index in [1.807, 2.05) is 27.7 Å². The van der Waals surface area contributed by atoms with Crippen LogP contribution in [-0.2, 0) is 71.2 Å². The summed E-state index contributed by atoms with van der Waals surface area (Å²) in [6, 6.07) is 0. The summed E-state index contributed by atoms with van der Waals surface area (Å²) in [7, 11) is 4.56. The summed E-state index contributed by atoms with van der Waals surface area (Å²) in [6.07, 6.45) is -8.06. The zero-order chi connectivity index (χ0) is 57.6. The van der Waals surface area contributed by atoms with E-state index in [0.29, 0.717) is 49.7 Å². The Kier molecular flexibility index (Phi) is 20.1. The van der Waals surface area contributed by atoms with Gasteiger partial charge in [-0.3, -0.25) is 0 Å². The molecule has 4 aliphatic heterocycles. The highest BCUT2D eigenvalue weighted by molar-refractivity contribution is 5.88. The van der Waals surface area contributed by atoms with Gasteiger partial charge in [0.15, 0.2) is 25.2 Å². The van der Waals surface area contributed by atoms with Crippen molar-refractivity contribution in [2.75, 3.05) is 27.9 Å². The fourth-order valence-corrected chi connectivity index (χ4v) is 14.9. The Labute approximate surface area is 465 Å². The van der Waals surface area contributed by atoms with Crippen molar-refractivity contribution in [3.63, 3.8) is 0 Å². The highest BCUT2D eigenvalue weighted by Crippen LogP contribution is 2.69. The second-order valence-electron chi connectivity index (χ2n) is 24.1. The Bertz CT molecular complexity index is 2190. The normalized spacial score (nSPS) is 48.0. The molecule has 0 spiro atoms. The first-order valence-corrected chi connectivity index (χ1v) is 28.7. The molecule has 27 atom stereocenters. The molecule has 0 radical (unpaired) electrons. The molecule has 6 N–H and O–H groups in total. The fourth-order valence-electron chi connectivity index (χ4n) is 14.9. The van der Waals surface area contributed by atoms with E-state index in [0.717, 1.165) is 12.8 Å². The van der Waals surface area contributed by atoms with Gasteiger partial charge in [-0.25, -0.2) is 9.59 Å². The number of fused-ring (bicyclic) bond motifs is 5. The topological polar surface area (TPSA) is 276 Å². The third-order valence-corrected chi connectivity index (χ3v) is 20.0. The molecule has 8 rings (SSSR count). The molecule has 4 saturated heterocycles. The maximum Gasteiger partial charge on any atom is 0.333 e. The number of methoxy groups -OCH3 is 3. The van der Waals surface area contributed by atoms with Crippen molar-refractivity contribution in [1.29, 1.82) is 0 Å². The molecule has 0 aromatic carbocycles. The lowest BCUT2D eigenvalue weighted by Gasteiger charge is -2.63. The second kappa shape index (κ2) is 25.4. The first-order valence-electron chi connectivity index (χ1n) is 28.7. The lowest BCUT2D eigenvalue weighted by atomic mass is 9.44. The molecule has 21 nitrogen and oxygen atoms in total. The number of carbonyl (C=O) groups is 2. The smallest absolute Gasteiger partial charge is 0.333 e. The Morgan fingerprint density at radius 2 is 1.28 bits per heavy atom. The van der Waals surface area contributed by atoms with E-state index < -0.39 is 146 Å². The minimum absolute atomic E-state index is 0.0192. The fraction of sp³-hybridized carbons (Fsp3) is 0.862. The summed E-state index contributed by atoms with van der Waals surface area (Å²) >= 11 is 0. The third-order valence-electron chi connectivity index (χ3n) is 20.0. The SMILES string of the molecule is C/C=C(\C)C(=O)OC(C)[C@H]1CC[C@]2(O)[C@@H]3CC=C4C[C@@H](O[C@H]5C[C@H](OC)[C@@H](O[C@H]6C[C@H](OC)[C@@H](O[C@@H]7O[C@H](C)[C@@H](O[C@@H]8O[C@H](CO)[C@@H](O)[C@H](O)[C@H]8O)[C@@H](OC)[C@H]7O)[C@@H](C)O6)[C@@H](C)O5)CC[C@]4(C)[C@H]3C[C@@H](OC(=O)/C(C)=C/C)[C@]12C. The van der Waals surface area contributed by atoms with Crippen LogP contribution in [0.1, 0.15) is 127 Å². The van der Waals surface area contributed by atoms with Crippen LogP contribution >= 0.6 is 0 Å². The Balaban J connectivity index is 0.878. The molecule has 21 heteroatoms. The molecule has 7 fully saturated rings. The lowest BCUT2D eigenvalue weighted by Crippen LogP contribution is -2.67. The van der Waals surface area contributed by atoms with Crippen LogP contribution in [0, 0.1) is 28.6 Å². The van der Waals surface area contributed by atoms with Gasteiger partial charge in [-0.1, -0.05) is 37.6 Å². The number of esters is 2. The standard InChI is InChI=1S/C58H92O21/c1-14-27(3)52(64)72-29(5)35-19-21-58(66)36-17-16-33-22-34(18-20-56(33,9)37(36)23-41(57(35,58)10)76-53(65)28(4)15-2)74-42-24-38(67-11)48(30(6)70-42)77-43-25-39(68-12)49(31(7)71-43)78-55-47(63)51(69-13)50(32(8)73-55)79-54-46(62)45(61)44(60)40(26-59)75-54/h14-16,29-32,34-51,54-55,59-63,66H,17-26H2,1-13H3/b27-14+,28-15+/t29?,30-,31-,32-,34+,35-,36-,37+,38+,39+,40-,41-,42+,43+,44-,45+,46-,47-,48+,49+,50-,51+,54+,55+,56+,57+,58+/m1/s1. The van der Waals surface area contributed by atoms with Crippen LogP contribution in [0.4, 0.5) is 0 Å². The van der Waals surface area contributed by atoms with Crippen molar-refractivity contribution in [3.8, 4) is 0 Å². The van der Waals surface area contributed by atoms with E-state index >= 15 is 0 Å². The molecule has 1 unspecified atom stereocenters. The van der Waals surface area contributed by atoms with E-state index in [9.17, 15) is 40.2 Å². The molecule has 450 valence electrons. The average Bonchev–Trinajstić information content (AvgIpc) is 3.60. The van der Waals surface area contributed by atoms with Crippen molar-refractivity contribution in [2.24, 2.45) is 28.6 Å². The highest BCUT2D eigenvalue weighted by Gasteiger charge is 2.72. The molecule has 8 aliphatic rings. The molecule has 0 aromatic heterocycles. The molecule has 0 aromatic rings. The molecule has 79 heavy (non-hydrogen) atoms. The molecular weight excluding hydrogens is 1030 g/mol. The van der Waals surface area contributed by atoms with Crippen molar-refractivity contribution >= 4 is 11.9 Å². The van der Waals surface area contributed by atoms with Crippen LogP contribution in [0.3, 0.4) is 0 Å². The van der Waals surface area contributed by atoms with E-state index in [2.05, 4.69) is 19.9 Å². The van der Waals surface area contributed by atoms with E-state index in [4.69, 9.17) is 61.6 Å². The molecular formula is C58H92O21. The summed E-state index contributed by atoms with van der Waals surface area (Å²) in [6.45, 7) is 18.1. The van der Waals surface area contributed by atoms with Crippen LogP contribution in [-0.4, -0.2) is 205 Å². The third kappa shape index (κ3) is 11.8. The largest absolute Gasteiger partial charge is 0.459 e. The number of hydrogen-bond acceptors (Lipinski definition) is 21. The van der Waals surface area contributed by atoms with Crippen LogP contribution in [0.5, 0.6) is 0 Å². The van der Waals surface area contributed by atoms with Gasteiger partial charge in [0.05, 0.1) is 48.8 Å². The summed E-state index contributed by atoms with van der Waals surface area (Å²) in [4.78, 5) is 26.7. The molecule has 3 saturated carbocycles. The summed E-state index contributed by atoms with van der Waals surface area (Å²) in [5.74, 6) is -1.11. The first-order chi connectivity index (χ1) is 37.4. The monoisotopic (exact) mass is 1120 g/mol. The predicted molar refractivity (Wildman–Crippen MR) is 280 cm³/mol. The number of allylic oxidation sites excluding steroid dienone is 3. The van der Waals surface area contributed by atoms with Gasteiger partial charge in [0.1, 0.15) is 67.1 Å². The van der Waals surface area contributed by atoms with Crippen molar-refractivity contribution in [2.45, 2.75) is 262 Å². The lowest BCUT2D eigenvalue weighted by molar-refractivity contribution is -0.373. The Hall–Kier alpha value is -2.52. The number of hydrogen-bond donors (Lipinski definition) is 6. The molecule has 0 amide bonds. The number of rotatable bonds is 17. The van der Waals surface area contributed by atoms with Crippen LogP contribution in [0.25, 0.3) is 0 Å². The van der Waals surface area contributed by atoms with E-state index in [1.165, 1.54) is 12.7 Å². The van der Waals surface area contributed by atoms with Crippen LogP contribution in [0.15, 0.2) is 34.9 Å². The maximum absolute atomic E-state index is 13.7. The minimum Gasteiger partial charge on any atom is -0.459 e. The molecule has 4 heterocycles. The predicted octanol–water partition coefficient (Wildman–Crippen LogP) is 3.83. The summed E-state index contributed by atoms with van der Waals surface area (Å²) < 4.78 is 80.8. The van der Waals surface area contributed by atoms with Crippen molar-refractivity contribution in [1.82, 2.24) is 0 Å². The average molecular weight is 1130 g/mol. The minimum atomic E-state index is -1.67. The van der Waals surface area contributed by atoms with E-state index in [-0.39, 0.29) is 41.7 Å². The number of ether oxygens (including phenoxy) is 13. The quantitative estimate of drug-likeness (QED) is 0.0686. The van der Waals surface area contributed by atoms with E-state index in [1.54, 1.807) is 54.1 Å². The van der Waals surface area contributed by atoms with Gasteiger partial charge in [-0.15, -0.1) is 0 Å². The summed E-state index contributed by atoms with van der Waals surface area (Å²) in [5.41, 5.74) is -0.0544. The van der Waals surface area contributed by atoms with Gasteiger partial charge in [0, 0.05) is 56.7 Å². The van der Waals surface area contributed by atoms with Gasteiger partial charge in [-0.2, -0.15) is 0 Å². The van der Waals surface area contributed by atoms with Gasteiger partial charge >= 0.3 is 11.9 Å². The van der Waals surface area contributed by atoms with Gasteiger partial charge in [-0.05, 0) is 118 Å². The zero-order valence-electron chi connectivity index (χ0n) is 48.5. The zero-order valence-corrected chi connectivity index (χ0v) is 48.5. The van der Waals surface area contributed by atoms with Crippen molar-refractivity contribution < 1.29 is 102 Å². The number of aliphatic hydroxyl groups is 6. The molecule has 0 bridgehead atoms. The number of aliphatic hydroxyl groups excluding tert-OH is 5. The summed E-state index contributed by atoms with van der Waals surface area (Å²) in [5, 5.41) is 65.7. The number of carbonyl (C=O) groups excluding carboxylic acids is 2. The van der Waals surface area contributed by atoms with Gasteiger partial charge in [0.25, 0.3) is 0 Å². The van der Waals surface area contributed by atoms with Crippen molar-refractivity contribution in [3.05, 3.63) is 34.9 Å². The Morgan fingerprint density at radius 1 is 0.696 bits per heavy atom. The maximum atomic E-state index is 13.7. The van der Waals surface area contributed by atoms with Gasteiger partial charge in [0.2, 0.25) is 0 Å².